The molecule has 1 amide bonds. The second kappa shape index (κ2) is 4.93. The van der Waals surface area contributed by atoms with Gasteiger partial charge in [-0.3, -0.25) is 4.79 Å². The van der Waals surface area contributed by atoms with Crippen LogP contribution in [0.15, 0.2) is 24.3 Å². The van der Waals surface area contributed by atoms with Crippen molar-refractivity contribution < 1.29 is 19.1 Å². The van der Waals surface area contributed by atoms with Crippen LogP contribution < -0.4 is 10.5 Å². The lowest BCUT2D eigenvalue weighted by Crippen LogP contribution is -2.15. The average Bonchev–Trinajstić information content (AvgIpc) is 2.44. The molecular formula is C13H12N2O4. The van der Waals surface area contributed by atoms with E-state index in [0.717, 1.165) is 0 Å². The fraction of sp³-hybridized carbons (Fsp3) is 0.154. The molecule has 0 saturated carbocycles. The molecule has 0 aliphatic heterocycles. The summed E-state index contributed by atoms with van der Waals surface area (Å²) in [7, 11) is 2.78. The van der Waals surface area contributed by atoms with Crippen LogP contribution in [0.2, 0.25) is 0 Å². The fourth-order valence-electron chi connectivity index (χ4n) is 1.74. The summed E-state index contributed by atoms with van der Waals surface area (Å²) in [6.07, 6.45) is 0. The van der Waals surface area contributed by atoms with Gasteiger partial charge in [-0.25, -0.2) is 9.78 Å². The maximum absolute atomic E-state index is 11.7. The smallest absolute Gasteiger partial charge is 0.338 e. The molecule has 0 radical (unpaired) electrons. The number of carbonyl (C=O) groups is 2. The summed E-state index contributed by atoms with van der Waals surface area (Å²) in [6, 6.07) is 6.32. The van der Waals surface area contributed by atoms with Crippen LogP contribution in [0.4, 0.5) is 0 Å². The van der Waals surface area contributed by atoms with Gasteiger partial charge >= 0.3 is 5.97 Å². The van der Waals surface area contributed by atoms with E-state index in [9.17, 15) is 9.59 Å². The van der Waals surface area contributed by atoms with Gasteiger partial charge in [0.05, 0.1) is 25.3 Å². The van der Waals surface area contributed by atoms with Crippen molar-refractivity contribution in [3.63, 3.8) is 0 Å². The molecule has 0 unspecified atom stereocenters. The van der Waals surface area contributed by atoms with Gasteiger partial charge in [0, 0.05) is 11.5 Å². The quantitative estimate of drug-likeness (QED) is 0.835. The van der Waals surface area contributed by atoms with Crippen LogP contribution in [0.25, 0.3) is 10.9 Å². The van der Waals surface area contributed by atoms with Gasteiger partial charge in [-0.15, -0.1) is 0 Å². The third-order valence-electron chi connectivity index (χ3n) is 2.67. The van der Waals surface area contributed by atoms with Gasteiger partial charge < -0.3 is 15.2 Å². The second-order valence-electron chi connectivity index (χ2n) is 3.79. The van der Waals surface area contributed by atoms with E-state index in [1.54, 1.807) is 18.2 Å². The number of nitrogens with two attached hydrogens (primary N) is 1. The van der Waals surface area contributed by atoms with Crippen molar-refractivity contribution in [2.24, 2.45) is 5.73 Å². The van der Waals surface area contributed by atoms with E-state index >= 15 is 0 Å². The molecule has 19 heavy (non-hydrogen) atoms. The molecule has 0 aliphatic carbocycles. The average molecular weight is 260 g/mol. The fourth-order valence-corrected chi connectivity index (χ4v) is 1.74. The number of esters is 1. The summed E-state index contributed by atoms with van der Waals surface area (Å²) in [5.41, 5.74) is 5.88. The lowest BCUT2D eigenvalue weighted by molar-refractivity contribution is 0.0603. The Bertz CT molecular complexity index is 667. The van der Waals surface area contributed by atoms with Crippen molar-refractivity contribution in [1.82, 2.24) is 4.98 Å². The van der Waals surface area contributed by atoms with Crippen molar-refractivity contribution in [2.45, 2.75) is 0 Å². The Morgan fingerprint density at radius 1 is 1.21 bits per heavy atom. The zero-order valence-electron chi connectivity index (χ0n) is 10.5. The van der Waals surface area contributed by atoms with Crippen molar-refractivity contribution in [2.75, 3.05) is 14.2 Å². The number of rotatable bonds is 3. The number of ether oxygens (including phenoxy) is 2. The van der Waals surface area contributed by atoms with Gasteiger partial charge in [-0.2, -0.15) is 0 Å². The Kier molecular flexibility index (Phi) is 3.33. The molecule has 6 heteroatoms. The number of amides is 1. The molecule has 0 atom stereocenters. The number of aromatic nitrogens is 1. The molecule has 0 fully saturated rings. The summed E-state index contributed by atoms with van der Waals surface area (Å²) in [6.45, 7) is 0. The molecule has 2 rings (SSSR count). The number of fused-ring (bicyclic) bond motifs is 1. The van der Waals surface area contributed by atoms with E-state index < -0.39 is 11.9 Å². The minimum atomic E-state index is -0.713. The molecule has 1 heterocycles. The maximum Gasteiger partial charge on any atom is 0.338 e. The Morgan fingerprint density at radius 3 is 2.53 bits per heavy atom. The van der Waals surface area contributed by atoms with Crippen molar-refractivity contribution in [1.29, 1.82) is 0 Å². The van der Waals surface area contributed by atoms with E-state index in [1.165, 1.54) is 20.3 Å². The van der Waals surface area contributed by atoms with E-state index in [4.69, 9.17) is 10.5 Å². The number of nitrogens with zero attached hydrogens (tertiary/aromatic N) is 1. The number of benzene rings is 1. The molecular weight excluding hydrogens is 248 g/mol. The lowest BCUT2D eigenvalue weighted by Gasteiger charge is -2.08. The summed E-state index contributed by atoms with van der Waals surface area (Å²) in [4.78, 5) is 27.1. The number of hydrogen-bond acceptors (Lipinski definition) is 5. The van der Waals surface area contributed by atoms with Crippen LogP contribution in [-0.2, 0) is 4.74 Å². The molecule has 2 aromatic rings. The molecule has 98 valence electrons. The monoisotopic (exact) mass is 260 g/mol. The van der Waals surface area contributed by atoms with E-state index in [1.807, 2.05) is 0 Å². The van der Waals surface area contributed by atoms with Gasteiger partial charge in [-0.05, 0) is 18.2 Å². The van der Waals surface area contributed by atoms with E-state index in [2.05, 4.69) is 9.72 Å². The minimum Gasteiger partial charge on any atom is -0.497 e. The second-order valence-corrected chi connectivity index (χ2v) is 3.79. The molecule has 2 N–H and O–H groups in total. The zero-order valence-corrected chi connectivity index (χ0v) is 10.5. The number of hydrogen-bond donors (Lipinski definition) is 1. The topological polar surface area (TPSA) is 91.5 Å². The summed E-state index contributed by atoms with van der Waals surface area (Å²) in [5, 5.41) is 0.567. The lowest BCUT2D eigenvalue weighted by atomic mass is 10.1. The highest BCUT2D eigenvalue weighted by Gasteiger charge is 2.16. The highest BCUT2D eigenvalue weighted by Crippen LogP contribution is 2.23. The predicted octanol–water partition coefficient (Wildman–Crippen LogP) is 1.13. The van der Waals surface area contributed by atoms with Crippen molar-refractivity contribution >= 4 is 22.8 Å². The minimum absolute atomic E-state index is 0.00107. The van der Waals surface area contributed by atoms with Gasteiger partial charge in [0.2, 0.25) is 0 Å². The first-order valence-electron chi connectivity index (χ1n) is 5.43. The first-order chi connectivity index (χ1) is 9.06. The third-order valence-corrected chi connectivity index (χ3v) is 2.67. The Balaban J connectivity index is 2.77. The number of methoxy groups -OCH3 is 2. The molecule has 1 aromatic carbocycles. The van der Waals surface area contributed by atoms with E-state index in [0.29, 0.717) is 16.7 Å². The summed E-state index contributed by atoms with van der Waals surface area (Å²) >= 11 is 0. The van der Waals surface area contributed by atoms with Gasteiger partial charge in [-0.1, -0.05) is 0 Å². The molecule has 6 nitrogen and oxygen atoms in total. The van der Waals surface area contributed by atoms with Crippen LogP contribution in [-0.4, -0.2) is 31.1 Å². The zero-order chi connectivity index (χ0) is 14.0. The normalized spacial score (nSPS) is 10.2. The van der Waals surface area contributed by atoms with Crippen LogP contribution in [0.1, 0.15) is 20.8 Å². The van der Waals surface area contributed by atoms with Crippen molar-refractivity contribution in [3.8, 4) is 5.75 Å². The number of carbonyl (C=O) groups excluding carboxylic acids is 2. The SMILES string of the molecule is COC(=O)c1cc(C(N)=O)nc2cc(OC)ccc12. The highest BCUT2D eigenvalue weighted by molar-refractivity contribution is 6.06. The van der Waals surface area contributed by atoms with Crippen LogP contribution in [0.5, 0.6) is 5.75 Å². The first kappa shape index (κ1) is 12.8. The van der Waals surface area contributed by atoms with E-state index in [-0.39, 0.29) is 11.3 Å². The first-order valence-corrected chi connectivity index (χ1v) is 5.43. The molecule has 0 spiro atoms. The Labute approximate surface area is 109 Å². The summed E-state index contributed by atoms with van der Waals surface area (Å²) < 4.78 is 9.76. The Hall–Kier alpha value is -2.63. The van der Waals surface area contributed by atoms with Crippen LogP contribution in [0.3, 0.4) is 0 Å². The molecule has 1 aromatic heterocycles. The third kappa shape index (κ3) is 2.33. The highest BCUT2D eigenvalue weighted by atomic mass is 16.5. The molecule has 0 saturated heterocycles. The van der Waals surface area contributed by atoms with Crippen molar-refractivity contribution in [3.05, 3.63) is 35.5 Å². The largest absolute Gasteiger partial charge is 0.497 e. The molecule has 0 aliphatic rings. The predicted molar refractivity (Wildman–Crippen MR) is 68.2 cm³/mol. The van der Waals surface area contributed by atoms with Crippen LogP contribution >= 0.6 is 0 Å². The molecule has 0 bridgehead atoms. The van der Waals surface area contributed by atoms with Gasteiger partial charge in [0.25, 0.3) is 5.91 Å². The van der Waals surface area contributed by atoms with Crippen LogP contribution in [0, 0.1) is 0 Å². The number of primary amides is 1. The standard InChI is InChI=1S/C13H12N2O4/c1-18-7-3-4-8-9(13(17)19-2)6-11(12(14)16)15-10(8)5-7/h3-6H,1-2H3,(H2,14,16). The summed E-state index contributed by atoms with van der Waals surface area (Å²) in [5.74, 6) is -0.702. The maximum atomic E-state index is 11.7. The Morgan fingerprint density at radius 2 is 1.95 bits per heavy atom. The van der Waals surface area contributed by atoms with Gasteiger partial charge in [0.1, 0.15) is 11.4 Å². The number of pyridine rings is 1. The van der Waals surface area contributed by atoms with Gasteiger partial charge in [0.15, 0.2) is 0 Å².